The molecule has 2 aliphatic rings. The Morgan fingerprint density at radius 1 is 0.769 bits per heavy atom. The molecule has 0 saturated heterocycles. The van der Waals surface area contributed by atoms with Gasteiger partial charge in [-0.3, -0.25) is 0 Å². The third kappa shape index (κ3) is 2.08. The molecule has 0 heterocycles. The highest BCUT2D eigenvalue weighted by molar-refractivity contribution is 4.92. The van der Waals surface area contributed by atoms with E-state index in [0.29, 0.717) is 5.41 Å². The Balaban J connectivity index is 1.94. The zero-order chi connectivity index (χ0) is 9.15. The molecular formula is C13H23. The molecule has 0 bridgehead atoms. The summed E-state index contributed by atoms with van der Waals surface area (Å²) >= 11 is 0. The van der Waals surface area contributed by atoms with Crippen molar-refractivity contribution in [2.24, 2.45) is 11.3 Å². The van der Waals surface area contributed by atoms with Gasteiger partial charge in [0.05, 0.1) is 0 Å². The molecule has 75 valence electrons. The molecule has 1 radical (unpaired) electrons. The first-order valence-electron chi connectivity index (χ1n) is 6.17. The zero-order valence-corrected chi connectivity index (χ0v) is 8.86. The van der Waals surface area contributed by atoms with Crippen LogP contribution in [0.1, 0.15) is 64.2 Å². The minimum absolute atomic E-state index is 0.499. The lowest BCUT2D eigenvalue weighted by Gasteiger charge is -2.42. The average Bonchev–Trinajstić information content (AvgIpc) is 2.20. The molecular weight excluding hydrogens is 156 g/mol. The van der Waals surface area contributed by atoms with Gasteiger partial charge < -0.3 is 0 Å². The summed E-state index contributed by atoms with van der Waals surface area (Å²) in [5.41, 5.74) is 0.499. The van der Waals surface area contributed by atoms with Crippen LogP contribution in [0.4, 0.5) is 0 Å². The molecule has 0 aromatic heterocycles. The summed E-state index contributed by atoms with van der Waals surface area (Å²) in [4.78, 5) is 0. The average molecular weight is 179 g/mol. The lowest BCUT2D eigenvalue weighted by molar-refractivity contribution is 0.115. The Bertz CT molecular complexity index is 147. The van der Waals surface area contributed by atoms with E-state index < -0.39 is 0 Å². The van der Waals surface area contributed by atoms with E-state index in [1.807, 2.05) is 0 Å². The monoisotopic (exact) mass is 179 g/mol. The minimum Gasteiger partial charge on any atom is -0.0533 e. The molecule has 0 aromatic carbocycles. The van der Waals surface area contributed by atoms with Crippen LogP contribution in [0.25, 0.3) is 0 Å². The first-order valence-corrected chi connectivity index (χ1v) is 6.17. The normalized spacial score (nSPS) is 30.2. The summed E-state index contributed by atoms with van der Waals surface area (Å²) in [7, 11) is 0. The summed E-state index contributed by atoms with van der Waals surface area (Å²) in [5, 5.41) is 0. The van der Waals surface area contributed by atoms with Crippen molar-refractivity contribution in [1.29, 1.82) is 0 Å². The zero-order valence-electron chi connectivity index (χ0n) is 8.86. The maximum absolute atomic E-state index is 4.55. The van der Waals surface area contributed by atoms with Gasteiger partial charge in [-0.1, -0.05) is 38.5 Å². The van der Waals surface area contributed by atoms with Crippen LogP contribution in [0.15, 0.2) is 0 Å². The topological polar surface area (TPSA) is 0 Å². The fourth-order valence-corrected chi connectivity index (χ4v) is 3.38. The van der Waals surface area contributed by atoms with Crippen LogP contribution >= 0.6 is 0 Å². The largest absolute Gasteiger partial charge is 0.0533 e. The van der Waals surface area contributed by atoms with Crippen molar-refractivity contribution in [3.8, 4) is 0 Å². The first kappa shape index (κ1) is 9.55. The summed E-state index contributed by atoms with van der Waals surface area (Å²) in [6, 6.07) is 0. The fourth-order valence-electron chi connectivity index (χ4n) is 3.38. The molecule has 0 spiro atoms. The Kier molecular flexibility index (Phi) is 2.96. The summed E-state index contributed by atoms with van der Waals surface area (Å²) in [6.45, 7) is 4.55. The van der Waals surface area contributed by atoms with Crippen molar-refractivity contribution in [3.05, 3.63) is 6.92 Å². The summed E-state index contributed by atoms with van der Waals surface area (Å²) < 4.78 is 0. The van der Waals surface area contributed by atoms with Gasteiger partial charge in [0.15, 0.2) is 0 Å². The summed E-state index contributed by atoms with van der Waals surface area (Å²) in [6.07, 6.45) is 14.6. The molecule has 0 aliphatic heterocycles. The van der Waals surface area contributed by atoms with Crippen molar-refractivity contribution in [1.82, 2.24) is 0 Å². The lowest BCUT2D eigenvalue weighted by Crippen LogP contribution is -2.31. The van der Waals surface area contributed by atoms with E-state index in [4.69, 9.17) is 0 Å². The van der Waals surface area contributed by atoms with E-state index in [1.54, 1.807) is 0 Å². The van der Waals surface area contributed by atoms with Crippen LogP contribution in [0.2, 0.25) is 0 Å². The van der Waals surface area contributed by atoms with E-state index in [-0.39, 0.29) is 0 Å². The van der Waals surface area contributed by atoms with Crippen molar-refractivity contribution < 1.29 is 0 Å². The molecule has 0 aromatic rings. The molecule has 2 saturated carbocycles. The second kappa shape index (κ2) is 4.02. The molecule has 0 atom stereocenters. The smallest absolute Gasteiger partial charge is 0.0269 e. The van der Waals surface area contributed by atoms with Crippen molar-refractivity contribution >= 4 is 0 Å². The van der Waals surface area contributed by atoms with E-state index in [9.17, 15) is 0 Å². The van der Waals surface area contributed by atoms with Crippen LogP contribution in [-0.4, -0.2) is 0 Å². The highest BCUT2D eigenvalue weighted by Crippen LogP contribution is 2.47. The molecule has 13 heavy (non-hydrogen) atoms. The Hall–Kier alpha value is 0. The van der Waals surface area contributed by atoms with Crippen LogP contribution in [0, 0.1) is 18.3 Å². The van der Waals surface area contributed by atoms with E-state index in [0.717, 1.165) is 5.92 Å². The van der Waals surface area contributed by atoms with Gasteiger partial charge >= 0.3 is 0 Å². The maximum Gasteiger partial charge on any atom is -0.0269 e. The third-order valence-electron chi connectivity index (χ3n) is 4.32. The Morgan fingerprint density at radius 3 is 1.92 bits per heavy atom. The van der Waals surface area contributed by atoms with Crippen LogP contribution in [0.3, 0.4) is 0 Å². The molecule has 0 nitrogen and oxygen atoms in total. The SMILES string of the molecule is [CH2]C1(C2CCCCC2)CCCCC1. The van der Waals surface area contributed by atoms with Crippen LogP contribution in [0.5, 0.6) is 0 Å². The predicted octanol–water partition coefficient (Wildman–Crippen LogP) is 4.35. The second-order valence-electron chi connectivity index (χ2n) is 5.26. The van der Waals surface area contributed by atoms with Gasteiger partial charge in [-0.25, -0.2) is 0 Å². The Morgan fingerprint density at radius 2 is 1.31 bits per heavy atom. The number of hydrogen-bond acceptors (Lipinski definition) is 0. The molecule has 2 aliphatic carbocycles. The molecule has 0 N–H and O–H groups in total. The Labute approximate surface area is 83.1 Å². The number of rotatable bonds is 1. The highest BCUT2D eigenvalue weighted by atomic mass is 14.4. The van der Waals surface area contributed by atoms with Crippen molar-refractivity contribution in [2.75, 3.05) is 0 Å². The maximum atomic E-state index is 4.55. The first-order chi connectivity index (χ1) is 6.31. The summed E-state index contributed by atoms with van der Waals surface area (Å²) in [5.74, 6) is 0.974. The van der Waals surface area contributed by atoms with Crippen molar-refractivity contribution in [3.63, 3.8) is 0 Å². The molecule has 2 fully saturated rings. The predicted molar refractivity (Wildman–Crippen MR) is 57.5 cm³/mol. The number of hydrogen-bond donors (Lipinski definition) is 0. The minimum atomic E-state index is 0.499. The molecule has 0 heteroatoms. The van der Waals surface area contributed by atoms with E-state index >= 15 is 0 Å². The quantitative estimate of drug-likeness (QED) is 0.561. The van der Waals surface area contributed by atoms with Crippen LogP contribution in [-0.2, 0) is 0 Å². The van der Waals surface area contributed by atoms with Gasteiger partial charge in [0.2, 0.25) is 0 Å². The molecule has 0 amide bonds. The van der Waals surface area contributed by atoms with Crippen LogP contribution < -0.4 is 0 Å². The second-order valence-corrected chi connectivity index (χ2v) is 5.26. The van der Waals surface area contributed by atoms with Gasteiger partial charge in [-0.05, 0) is 43.9 Å². The van der Waals surface area contributed by atoms with Gasteiger partial charge in [0, 0.05) is 0 Å². The molecule has 0 unspecified atom stereocenters. The van der Waals surface area contributed by atoms with E-state index in [2.05, 4.69) is 6.92 Å². The standard InChI is InChI=1S/C13H23/c1-13(10-6-3-7-11-13)12-8-4-2-5-9-12/h12H,1-11H2. The van der Waals surface area contributed by atoms with Gasteiger partial charge in [0.1, 0.15) is 0 Å². The van der Waals surface area contributed by atoms with Gasteiger partial charge in [-0.15, -0.1) is 0 Å². The molecule has 2 rings (SSSR count). The lowest BCUT2D eigenvalue weighted by atomic mass is 9.63. The highest BCUT2D eigenvalue weighted by Gasteiger charge is 2.35. The van der Waals surface area contributed by atoms with Crippen molar-refractivity contribution in [2.45, 2.75) is 64.2 Å². The van der Waals surface area contributed by atoms with Gasteiger partial charge in [0.25, 0.3) is 0 Å². The van der Waals surface area contributed by atoms with E-state index in [1.165, 1.54) is 64.2 Å². The van der Waals surface area contributed by atoms with Gasteiger partial charge in [-0.2, -0.15) is 0 Å². The fraction of sp³-hybridized carbons (Fsp3) is 0.923. The third-order valence-corrected chi connectivity index (χ3v) is 4.32.